The van der Waals surface area contributed by atoms with E-state index in [1.807, 2.05) is 30.3 Å². The van der Waals surface area contributed by atoms with Crippen LogP contribution in [0.2, 0.25) is 0 Å². The molecule has 29 heavy (non-hydrogen) atoms. The number of hydrogen-bond donors (Lipinski definition) is 1. The van der Waals surface area contributed by atoms with Crippen molar-refractivity contribution < 1.29 is 17.9 Å². The van der Waals surface area contributed by atoms with Crippen LogP contribution in [0.15, 0.2) is 101 Å². The van der Waals surface area contributed by atoms with Gasteiger partial charge in [-0.3, -0.25) is 0 Å². The van der Waals surface area contributed by atoms with Gasteiger partial charge in [0.25, 0.3) is 10.0 Å². The summed E-state index contributed by atoms with van der Waals surface area (Å²) in [7, 11) is -3.71. The van der Waals surface area contributed by atoms with Crippen LogP contribution in [0.25, 0.3) is 6.08 Å². The summed E-state index contributed by atoms with van der Waals surface area (Å²) in [5, 5.41) is 3.76. The molecule has 7 heteroatoms. The Bertz CT molecular complexity index is 1110. The van der Waals surface area contributed by atoms with E-state index < -0.39 is 16.0 Å². The van der Waals surface area contributed by atoms with Gasteiger partial charge >= 0.3 is 5.97 Å². The standard InChI is InChI=1S/C22H18N2O4S/c25-22(16-13-18-7-3-1-4-8-18)28-20-14-11-19(12-15-20)17-23-24-29(26,27)21-9-5-2-6-10-21/h1-17,24H. The minimum Gasteiger partial charge on any atom is -0.423 e. The third-order valence-corrected chi connectivity index (χ3v) is 4.99. The number of esters is 1. The molecule has 0 aliphatic carbocycles. The van der Waals surface area contributed by atoms with Crippen LogP contribution in [0, 0.1) is 0 Å². The smallest absolute Gasteiger partial charge is 0.336 e. The first-order chi connectivity index (χ1) is 14.0. The molecule has 0 atom stereocenters. The molecule has 0 radical (unpaired) electrons. The molecule has 0 aliphatic rings. The van der Waals surface area contributed by atoms with Crippen molar-refractivity contribution in [2.45, 2.75) is 4.90 Å². The van der Waals surface area contributed by atoms with Crippen LogP contribution in [0.4, 0.5) is 0 Å². The van der Waals surface area contributed by atoms with Crippen LogP contribution in [0.5, 0.6) is 5.75 Å². The Labute approximate surface area is 169 Å². The van der Waals surface area contributed by atoms with Crippen molar-refractivity contribution in [1.29, 1.82) is 0 Å². The normalized spacial score (nSPS) is 11.6. The highest BCUT2D eigenvalue weighted by Gasteiger charge is 2.11. The number of nitrogens with one attached hydrogen (secondary N) is 1. The van der Waals surface area contributed by atoms with Gasteiger partial charge in [0.1, 0.15) is 5.75 Å². The second kappa shape index (κ2) is 9.48. The summed E-state index contributed by atoms with van der Waals surface area (Å²) in [6.45, 7) is 0. The Morgan fingerprint density at radius 2 is 1.45 bits per heavy atom. The molecule has 0 saturated carbocycles. The van der Waals surface area contributed by atoms with Crippen molar-refractivity contribution in [2.24, 2.45) is 5.10 Å². The Kier molecular flexibility index (Phi) is 6.55. The van der Waals surface area contributed by atoms with Crippen LogP contribution in [-0.2, 0) is 14.8 Å². The number of hydrogen-bond acceptors (Lipinski definition) is 5. The molecular weight excluding hydrogens is 388 g/mol. The van der Waals surface area contributed by atoms with E-state index in [2.05, 4.69) is 9.93 Å². The zero-order valence-electron chi connectivity index (χ0n) is 15.3. The van der Waals surface area contributed by atoms with Crippen LogP contribution < -0.4 is 9.57 Å². The summed E-state index contributed by atoms with van der Waals surface area (Å²) in [4.78, 5) is 14.2. The Morgan fingerprint density at radius 3 is 2.10 bits per heavy atom. The number of nitrogens with zero attached hydrogens (tertiary/aromatic N) is 1. The maximum absolute atomic E-state index is 12.1. The van der Waals surface area contributed by atoms with Gasteiger partial charge in [-0.15, -0.1) is 0 Å². The Hall–Kier alpha value is -3.71. The SMILES string of the molecule is O=C(C=Cc1ccccc1)Oc1ccc(C=NNS(=O)(=O)c2ccccc2)cc1. The van der Waals surface area contributed by atoms with Gasteiger partial charge < -0.3 is 4.74 Å². The van der Waals surface area contributed by atoms with E-state index in [9.17, 15) is 13.2 Å². The lowest BCUT2D eigenvalue weighted by Crippen LogP contribution is -2.18. The summed E-state index contributed by atoms with van der Waals surface area (Å²) in [5.74, 6) is -0.124. The fraction of sp³-hybridized carbons (Fsp3) is 0. The molecule has 0 bridgehead atoms. The molecule has 3 aromatic carbocycles. The Morgan fingerprint density at radius 1 is 0.828 bits per heavy atom. The highest BCUT2D eigenvalue weighted by atomic mass is 32.2. The second-order valence-corrected chi connectivity index (χ2v) is 7.56. The third-order valence-electron chi connectivity index (χ3n) is 3.75. The fourth-order valence-corrected chi connectivity index (χ4v) is 3.14. The van der Waals surface area contributed by atoms with Crippen molar-refractivity contribution in [2.75, 3.05) is 0 Å². The lowest BCUT2D eigenvalue weighted by molar-refractivity contribution is -0.128. The van der Waals surface area contributed by atoms with Crippen molar-refractivity contribution >= 4 is 28.3 Å². The van der Waals surface area contributed by atoms with Crippen LogP contribution >= 0.6 is 0 Å². The predicted molar refractivity (Wildman–Crippen MR) is 112 cm³/mol. The van der Waals surface area contributed by atoms with E-state index in [-0.39, 0.29) is 4.90 Å². The van der Waals surface area contributed by atoms with E-state index in [0.29, 0.717) is 11.3 Å². The number of ether oxygens (including phenoxy) is 1. The van der Waals surface area contributed by atoms with Crippen LogP contribution in [0.1, 0.15) is 11.1 Å². The van der Waals surface area contributed by atoms with E-state index >= 15 is 0 Å². The highest BCUT2D eigenvalue weighted by Crippen LogP contribution is 2.12. The lowest BCUT2D eigenvalue weighted by atomic mass is 10.2. The molecule has 0 saturated heterocycles. The highest BCUT2D eigenvalue weighted by molar-refractivity contribution is 7.89. The molecule has 0 aliphatic heterocycles. The minimum atomic E-state index is -3.71. The van der Waals surface area contributed by atoms with Crippen molar-refractivity contribution in [3.63, 3.8) is 0 Å². The average Bonchev–Trinajstić information content (AvgIpc) is 2.75. The van der Waals surface area contributed by atoms with Gasteiger partial charge in [0, 0.05) is 6.08 Å². The zero-order chi connectivity index (χ0) is 20.5. The zero-order valence-corrected chi connectivity index (χ0v) is 16.1. The van der Waals surface area contributed by atoms with Crippen molar-refractivity contribution in [3.05, 3.63) is 102 Å². The van der Waals surface area contributed by atoms with Gasteiger partial charge in [0.05, 0.1) is 11.1 Å². The van der Waals surface area contributed by atoms with Gasteiger partial charge in [0.2, 0.25) is 0 Å². The number of benzene rings is 3. The molecule has 1 N–H and O–H groups in total. The van der Waals surface area contributed by atoms with E-state index in [0.717, 1.165) is 5.56 Å². The number of carbonyl (C=O) groups excluding carboxylic acids is 1. The summed E-state index contributed by atoms with van der Waals surface area (Å²) in [5.41, 5.74) is 1.54. The number of carbonyl (C=O) groups is 1. The first kappa shape index (κ1) is 20.0. The van der Waals surface area contributed by atoms with Gasteiger partial charge in [-0.1, -0.05) is 48.5 Å². The van der Waals surface area contributed by atoms with E-state index in [1.54, 1.807) is 48.5 Å². The maximum Gasteiger partial charge on any atom is 0.336 e. The molecule has 0 spiro atoms. The molecule has 0 aromatic heterocycles. The molecule has 0 heterocycles. The first-order valence-electron chi connectivity index (χ1n) is 8.68. The molecule has 6 nitrogen and oxygen atoms in total. The number of rotatable bonds is 7. The Balaban J connectivity index is 1.55. The molecular formula is C22H18N2O4S. The minimum absolute atomic E-state index is 0.128. The maximum atomic E-state index is 12.1. The van der Waals surface area contributed by atoms with Gasteiger partial charge in [-0.2, -0.15) is 13.5 Å². The predicted octanol–water partition coefficient (Wildman–Crippen LogP) is 3.62. The van der Waals surface area contributed by atoms with Gasteiger partial charge in [-0.25, -0.2) is 9.63 Å². The second-order valence-electron chi connectivity index (χ2n) is 5.90. The topological polar surface area (TPSA) is 84.8 Å². The third kappa shape index (κ3) is 6.15. The first-order valence-corrected chi connectivity index (χ1v) is 10.2. The largest absolute Gasteiger partial charge is 0.423 e. The summed E-state index contributed by atoms with van der Waals surface area (Å²) < 4.78 is 29.4. The van der Waals surface area contributed by atoms with Gasteiger partial charge in [0.15, 0.2) is 0 Å². The van der Waals surface area contributed by atoms with Crippen LogP contribution in [0.3, 0.4) is 0 Å². The van der Waals surface area contributed by atoms with Crippen molar-refractivity contribution in [1.82, 2.24) is 4.83 Å². The molecule has 3 aromatic rings. The quantitative estimate of drug-likeness (QED) is 0.214. The molecule has 0 fully saturated rings. The van der Waals surface area contributed by atoms with E-state index in [1.165, 1.54) is 24.4 Å². The summed E-state index contributed by atoms with van der Waals surface area (Å²) >= 11 is 0. The monoisotopic (exact) mass is 406 g/mol. The molecule has 146 valence electrons. The molecule has 3 rings (SSSR count). The summed E-state index contributed by atoms with van der Waals surface area (Å²) in [6.07, 6.45) is 4.38. The molecule has 0 unspecified atom stereocenters. The van der Waals surface area contributed by atoms with Crippen molar-refractivity contribution in [3.8, 4) is 5.75 Å². The average molecular weight is 406 g/mol. The lowest BCUT2D eigenvalue weighted by Gasteiger charge is -2.03. The van der Waals surface area contributed by atoms with Crippen LogP contribution in [-0.4, -0.2) is 20.6 Å². The van der Waals surface area contributed by atoms with E-state index in [4.69, 9.17) is 4.74 Å². The summed E-state index contributed by atoms with van der Waals surface area (Å²) in [6, 6.07) is 23.9. The molecule has 0 amide bonds. The number of sulfonamides is 1. The van der Waals surface area contributed by atoms with Gasteiger partial charge in [-0.05, 0) is 53.6 Å². The fourth-order valence-electron chi connectivity index (χ4n) is 2.32. The number of hydrazone groups is 1.